The summed E-state index contributed by atoms with van der Waals surface area (Å²) in [7, 11) is 0. The van der Waals surface area contributed by atoms with Crippen LogP contribution in [-0.4, -0.2) is 30.3 Å². The van der Waals surface area contributed by atoms with Crippen molar-refractivity contribution in [3.63, 3.8) is 0 Å². The summed E-state index contributed by atoms with van der Waals surface area (Å²) < 4.78 is 5.34. The molecule has 0 saturated carbocycles. The van der Waals surface area contributed by atoms with Gasteiger partial charge in [-0.15, -0.1) is 0 Å². The molecule has 2 amide bonds. The molecule has 134 valence electrons. The Balaban J connectivity index is 1.50. The molecule has 1 aliphatic rings. The van der Waals surface area contributed by atoms with E-state index in [0.29, 0.717) is 6.54 Å². The molecule has 2 heterocycles. The van der Waals surface area contributed by atoms with E-state index in [1.54, 1.807) is 0 Å². The average Bonchev–Trinajstić information content (AvgIpc) is 3.26. The van der Waals surface area contributed by atoms with E-state index >= 15 is 0 Å². The Labute approximate surface area is 148 Å². The molecule has 2 aromatic rings. The number of benzene rings is 1. The first kappa shape index (κ1) is 17.3. The van der Waals surface area contributed by atoms with Gasteiger partial charge >= 0.3 is 6.03 Å². The number of urea groups is 1. The zero-order chi connectivity index (χ0) is 17.6. The molecular weight excluding hydrogens is 316 g/mol. The van der Waals surface area contributed by atoms with Crippen molar-refractivity contribution in [2.45, 2.75) is 45.7 Å². The van der Waals surface area contributed by atoms with Crippen LogP contribution < -0.4 is 15.5 Å². The van der Waals surface area contributed by atoms with E-state index in [4.69, 9.17) is 4.52 Å². The number of amides is 2. The number of aromatic nitrogens is 1. The Bertz CT molecular complexity index is 677. The standard InChI is InChI=1S/C19H26N4O2/c1-3-17-16(18(4-2)25-22-17)12-20-19(24)21-14-10-11-23(13-14)15-8-6-5-7-9-15/h5-9,14H,3-4,10-13H2,1-2H3,(H2,20,21,24)/t14-/m0/s1. The molecule has 2 N–H and O–H groups in total. The summed E-state index contributed by atoms with van der Waals surface area (Å²) in [4.78, 5) is 14.5. The highest BCUT2D eigenvalue weighted by Gasteiger charge is 2.24. The highest BCUT2D eigenvalue weighted by molar-refractivity contribution is 5.74. The maximum Gasteiger partial charge on any atom is 0.315 e. The van der Waals surface area contributed by atoms with Crippen molar-refractivity contribution in [2.24, 2.45) is 0 Å². The Morgan fingerprint density at radius 3 is 2.80 bits per heavy atom. The van der Waals surface area contributed by atoms with Crippen LogP contribution in [-0.2, 0) is 19.4 Å². The minimum absolute atomic E-state index is 0.134. The molecule has 6 nitrogen and oxygen atoms in total. The lowest BCUT2D eigenvalue weighted by atomic mass is 10.1. The van der Waals surface area contributed by atoms with Crippen molar-refractivity contribution in [3.05, 3.63) is 47.3 Å². The van der Waals surface area contributed by atoms with Gasteiger partial charge in [0.15, 0.2) is 0 Å². The summed E-state index contributed by atoms with van der Waals surface area (Å²) in [6.07, 6.45) is 2.53. The van der Waals surface area contributed by atoms with Crippen LogP contribution in [0.4, 0.5) is 10.5 Å². The van der Waals surface area contributed by atoms with Crippen molar-refractivity contribution >= 4 is 11.7 Å². The van der Waals surface area contributed by atoms with Crippen LogP contribution in [0.3, 0.4) is 0 Å². The number of hydrogen-bond donors (Lipinski definition) is 2. The molecule has 1 aliphatic heterocycles. The third-order valence-corrected chi connectivity index (χ3v) is 4.68. The number of nitrogens with zero attached hydrogens (tertiary/aromatic N) is 2. The number of nitrogens with one attached hydrogen (secondary N) is 2. The summed E-state index contributed by atoms with van der Waals surface area (Å²) >= 11 is 0. The average molecular weight is 342 g/mol. The van der Waals surface area contributed by atoms with E-state index in [0.717, 1.165) is 49.4 Å². The van der Waals surface area contributed by atoms with Crippen LogP contribution in [0.25, 0.3) is 0 Å². The van der Waals surface area contributed by atoms with Gasteiger partial charge in [0.2, 0.25) is 0 Å². The Hall–Kier alpha value is -2.50. The lowest BCUT2D eigenvalue weighted by Gasteiger charge is -2.19. The van der Waals surface area contributed by atoms with Gasteiger partial charge in [0.25, 0.3) is 0 Å². The van der Waals surface area contributed by atoms with E-state index in [9.17, 15) is 4.79 Å². The van der Waals surface area contributed by atoms with Gasteiger partial charge in [-0.1, -0.05) is 37.2 Å². The minimum atomic E-state index is -0.134. The molecule has 0 aliphatic carbocycles. The molecule has 1 aromatic heterocycles. The third kappa shape index (κ3) is 4.13. The topological polar surface area (TPSA) is 70.4 Å². The van der Waals surface area contributed by atoms with Crippen LogP contribution in [0.1, 0.15) is 37.3 Å². The van der Waals surface area contributed by atoms with E-state index in [-0.39, 0.29) is 12.1 Å². The molecule has 1 aromatic carbocycles. The van der Waals surface area contributed by atoms with E-state index in [2.05, 4.69) is 32.8 Å². The van der Waals surface area contributed by atoms with Gasteiger partial charge in [-0.25, -0.2) is 4.79 Å². The van der Waals surface area contributed by atoms with E-state index < -0.39 is 0 Å². The molecule has 0 unspecified atom stereocenters. The Morgan fingerprint density at radius 1 is 1.28 bits per heavy atom. The van der Waals surface area contributed by atoms with Gasteiger partial charge in [0, 0.05) is 43.3 Å². The van der Waals surface area contributed by atoms with Gasteiger partial charge in [-0.2, -0.15) is 0 Å². The van der Waals surface area contributed by atoms with Crippen molar-refractivity contribution in [3.8, 4) is 0 Å². The molecular formula is C19H26N4O2. The van der Waals surface area contributed by atoms with Crippen molar-refractivity contribution < 1.29 is 9.32 Å². The largest absolute Gasteiger partial charge is 0.369 e. The normalized spacial score (nSPS) is 16.9. The van der Waals surface area contributed by atoms with Gasteiger partial charge < -0.3 is 20.1 Å². The molecule has 0 bridgehead atoms. The number of para-hydroxylation sites is 1. The smallest absolute Gasteiger partial charge is 0.315 e. The molecule has 0 radical (unpaired) electrons. The lowest BCUT2D eigenvalue weighted by Crippen LogP contribution is -2.43. The lowest BCUT2D eigenvalue weighted by molar-refractivity contribution is 0.237. The first-order chi connectivity index (χ1) is 12.2. The first-order valence-corrected chi connectivity index (χ1v) is 9.01. The SMILES string of the molecule is CCc1noc(CC)c1CNC(=O)N[C@H]1CCN(c2ccccc2)C1. The van der Waals surface area contributed by atoms with Crippen LogP contribution >= 0.6 is 0 Å². The van der Waals surface area contributed by atoms with Gasteiger partial charge in [0.1, 0.15) is 5.76 Å². The quantitative estimate of drug-likeness (QED) is 0.847. The Kier molecular flexibility index (Phi) is 5.58. The van der Waals surface area contributed by atoms with E-state index in [1.807, 2.05) is 32.0 Å². The number of aryl methyl sites for hydroxylation is 2. The third-order valence-electron chi connectivity index (χ3n) is 4.68. The highest BCUT2D eigenvalue weighted by Crippen LogP contribution is 2.19. The van der Waals surface area contributed by atoms with Gasteiger partial charge in [0.05, 0.1) is 5.69 Å². The molecule has 3 rings (SSSR count). The molecule has 1 saturated heterocycles. The minimum Gasteiger partial charge on any atom is -0.369 e. The zero-order valence-electron chi connectivity index (χ0n) is 14.9. The number of hydrogen-bond acceptors (Lipinski definition) is 4. The fourth-order valence-electron chi connectivity index (χ4n) is 3.29. The molecule has 6 heteroatoms. The van der Waals surface area contributed by atoms with Gasteiger partial charge in [-0.05, 0) is 25.0 Å². The summed E-state index contributed by atoms with van der Waals surface area (Å²) in [6, 6.07) is 10.3. The molecule has 0 spiro atoms. The van der Waals surface area contributed by atoms with Crippen molar-refractivity contribution in [1.29, 1.82) is 0 Å². The van der Waals surface area contributed by atoms with Crippen LogP contribution in [0, 0.1) is 0 Å². The summed E-state index contributed by atoms with van der Waals surface area (Å²) in [5, 5.41) is 10.1. The predicted molar refractivity (Wildman–Crippen MR) is 97.7 cm³/mol. The second kappa shape index (κ2) is 8.05. The van der Waals surface area contributed by atoms with Crippen LogP contribution in [0.15, 0.2) is 34.9 Å². The first-order valence-electron chi connectivity index (χ1n) is 9.01. The van der Waals surface area contributed by atoms with Gasteiger partial charge in [-0.3, -0.25) is 0 Å². The summed E-state index contributed by atoms with van der Waals surface area (Å²) in [5.74, 6) is 0.855. The van der Waals surface area contributed by atoms with Crippen molar-refractivity contribution in [1.82, 2.24) is 15.8 Å². The Morgan fingerprint density at radius 2 is 2.08 bits per heavy atom. The predicted octanol–water partition coefficient (Wildman–Crippen LogP) is 2.88. The number of carbonyl (C=O) groups is 1. The maximum atomic E-state index is 12.2. The van der Waals surface area contributed by atoms with Crippen molar-refractivity contribution in [2.75, 3.05) is 18.0 Å². The molecule has 1 atom stereocenters. The number of carbonyl (C=O) groups excluding carboxylic acids is 1. The zero-order valence-corrected chi connectivity index (χ0v) is 14.9. The van der Waals surface area contributed by atoms with Crippen LogP contribution in [0.5, 0.6) is 0 Å². The second-order valence-electron chi connectivity index (χ2n) is 6.33. The fraction of sp³-hybridized carbons (Fsp3) is 0.474. The monoisotopic (exact) mass is 342 g/mol. The molecule has 25 heavy (non-hydrogen) atoms. The summed E-state index contributed by atoms with van der Waals surface area (Å²) in [5.41, 5.74) is 3.14. The molecule has 1 fully saturated rings. The fourth-order valence-corrected chi connectivity index (χ4v) is 3.29. The number of rotatable bonds is 6. The maximum absolute atomic E-state index is 12.2. The van der Waals surface area contributed by atoms with E-state index in [1.165, 1.54) is 5.69 Å². The van der Waals surface area contributed by atoms with Crippen LogP contribution in [0.2, 0.25) is 0 Å². The number of anilines is 1. The summed E-state index contributed by atoms with van der Waals surface area (Å²) in [6.45, 7) is 6.32. The second-order valence-corrected chi connectivity index (χ2v) is 6.33. The highest BCUT2D eigenvalue weighted by atomic mass is 16.5.